The van der Waals surface area contributed by atoms with E-state index < -0.39 is 18.1 Å². The van der Waals surface area contributed by atoms with Crippen molar-refractivity contribution in [2.45, 2.75) is 96.8 Å². The minimum absolute atomic E-state index is 0.0135. The molecule has 2 heterocycles. The van der Waals surface area contributed by atoms with Gasteiger partial charge in [0, 0.05) is 44.4 Å². The Morgan fingerprint density at radius 3 is 2.47 bits per heavy atom. The number of carbonyl (C=O) groups excluding carboxylic acids is 5. The van der Waals surface area contributed by atoms with E-state index in [0.29, 0.717) is 25.0 Å². The lowest BCUT2D eigenvalue weighted by Gasteiger charge is -2.29. The lowest BCUT2D eigenvalue weighted by molar-refractivity contribution is -0.139. The second-order valence-electron chi connectivity index (χ2n) is 13.7. The number of nitrogens with zero attached hydrogens (tertiary/aromatic N) is 1. The minimum atomic E-state index is -0.830. The fourth-order valence-electron chi connectivity index (χ4n) is 6.38. The molecule has 5 amide bonds. The number of para-hydroxylation sites is 1. The maximum absolute atomic E-state index is 13.7. The fraction of sp³-hybridized carbons (Fsp3) is 0.541. The number of amides is 5. The van der Waals surface area contributed by atoms with Crippen molar-refractivity contribution >= 4 is 29.5 Å². The van der Waals surface area contributed by atoms with Gasteiger partial charge in [-0.25, -0.2) is 0 Å². The molecule has 0 saturated carbocycles. The summed E-state index contributed by atoms with van der Waals surface area (Å²) < 4.78 is 5.70. The predicted octanol–water partition coefficient (Wildman–Crippen LogP) is 2.75. The van der Waals surface area contributed by atoms with Crippen LogP contribution in [0, 0.1) is 18.8 Å². The Morgan fingerprint density at radius 1 is 1.02 bits per heavy atom. The zero-order chi connectivity index (χ0) is 35.5. The number of ether oxygens (including phenoxy) is 1. The molecule has 5 N–H and O–H groups in total. The molecule has 12 heteroatoms. The first kappa shape index (κ1) is 37.2. The quantitative estimate of drug-likeness (QED) is 0.301. The van der Waals surface area contributed by atoms with Crippen molar-refractivity contribution in [3.63, 3.8) is 0 Å². The Balaban J connectivity index is 1.46. The van der Waals surface area contributed by atoms with Crippen molar-refractivity contribution in [2.75, 3.05) is 19.7 Å². The van der Waals surface area contributed by atoms with E-state index in [1.54, 1.807) is 23.1 Å². The molecule has 0 unspecified atom stereocenters. The molecule has 2 aliphatic heterocycles. The maximum atomic E-state index is 13.7. The molecular weight excluding hydrogens is 626 g/mol. The van der Waals surface area contributed by atoms with Crippen molar-refractivity contribution < 1.29 is 33.8 Å². The molecule has 0 aliphatic carbocycles. The number of phenols is 1. The van der Waals surface area contributed by atoms with Crippen LogP contribution in [0.5, 0.6) is 11.5 Å². The molecule has 266 valence electrons. The first-order valence-electron chi connectivity index (χ1n) is 17.3. The summed E-state index contributed by atoms with van der Waals surface area (Å²) in [6.07, 6.45) is 2.43. The van der Waals surface area contributed by atoms with Crippen molar-refractivity contribution in [1.82, 2.24) is 26.2 Å². The second-order valence-corrected chi connectivity index (χ2v) is 13.7. The molecule has 0 bridgehead atoms. The van der Waals surface area contributed by atoms with Crippen LogP contribution in [0.15, 0.2) is 48.5 Å². The Hall–Kier alpha value is -4.61. The summed E-state index contributed by atoms with van der Waals surface area (Å²) in [5.41, 5.74) is 1.69. The van der Waals surface area contributed by atoms with Gasteiger partial charge in [0.25, 0.3) is 5.91 Å². The number of hydrogen-bond donors (Lipinski definition) is 5. The molecular formula is C37H51N5O7. The van der Waals surface area contributed by atoms with Gasteiger partial charge in [-0.3, -0.25) is 24.0 Å². The lowest BCUT2D eigenvalue weighted by Crippen LogP contribution is -2.50. The van der Waals surface area contributed by atoms with E-state index in [1.165, 1.54) is 12.1 Å². The molecule has 0 radical (unpaired) electrons. The number of nitrogens with one attached hydrogen (secondary N) is 4. The molecule has 0 aromatic heterocycles. The monoisotopic (exact) mass is 677 g/mol. The molecule has 4 rings (SSSR count). The van der Waals surface area contributed by atoms with Crippen LogP contribution in [0.1, 0.15) is 70.4 Å². The summed E-state index contributed by atoms with van der Waals surface area (Å²) in [5.74, 6) is -0.644. The standard InChI is InChI=1S/C37H51N5O7/c1-23(2)29-16-11-24(3)18-33(44)40-30(19-26-12-14-28(43)15-13-26)36(47)38-17-7-10-35(46)42-21-27(20-31(42)37(48)41-29)39-34(45)22-49-32-9-6-5-8-25(32)4/h5-6,8-9,12-15,23-24,27,29-31,43H,7,10-11,16-22H2,1-4H3,(H,38,47)(H,39,45)(H,40,44)(H,41,48)/t24-,27-,29+,30+,31+/m1/s1. The maximum Gasteiger partial charge on any atom is 0.258 e. The topological polar surface area (TPSA) is 166 Å². The molecule has 2 aliphatic rings. The normalized spacial score (nSPS) is 24.6. The second kappa shape index (κ2) is 17.7. The summed E-state index contributed by atoms with van der Waals surface area (Å²) in [4.78, 5) is 68.0. The molecule has 5 atom stereocenters. The fourth-order valence-corrected chi connectivity index (χ4v) is 6.38. The van der Waals surface area contributed by atoms with E-state index in [-0.39, 0.29) is 98.5 Å². The zero-order valence-corrected chi connectivity index (χ0v) is 29.0. The average molecular weight is 678 g/mol. The van der Waals surface area contributed by atoms with Gasteiger partial charge in [0.15, 0.2) is 6.61 Å². The first-order chi connectivity index (χ1) is 23.4. The first-order valence-corrected chi connectivity index (χ1v) is 17.3. The van der Waals surface area contributed by atoms with Crippen LogP contribution in [0.3, 0.4) is 0 Å². The van der Waals surface area contributed by atoms with Crippen molar-refractivity contribution in [2.24, 2.45) is 11.8 Å². The van der Waals surface area contributed by atoms with Crippen LogP contribution in [0.4, 0.5) is 0 Å². The van der Waals surface area contributed by atoms with E-state index in [4.69, 9.17) is 4.74 Å². The molecule has 12 nitrogen and oxygen atoms in total. The van der Waals surface area contributed by atoms with Crippen LogP contribution < -0.4 is 26.0 Å². The number of benzene rings is 2. The Bertz CT molecular complexity index is 1460. The largest absolute Gasteiger partial charge is 0.508 e. The van der Waals surface area contributed by atoms with Gasteiger partial charge in [0.05, 0.1) is 0 Å². The Labute approximate surface area is 288 Å². The molecule has 2 aromatic rings. The molecule has 2 saturated heterocycles. The number of fused-ring (bicyclic) bond motifs is 1. The van der Waals surface area contributed by atoms with E-state index >= 15 is 0 Å². The van der Waals surface area contributed by atoms with Crippen LogP contribution in [0.2, 0.25) is 0 Å². The highest BCUT2D eigenvalue weighted by atomic mass is 16.5. The third kappa shape index (κ3) is 11.2. The van der Waals surface area contributed by atoms with E-state index in [0.717, 1.165) is 11.1 Å². The van der Waals surface area contributed by atoms with Gasteiger partial charge in [-0.15, -0.1) is 0 Å². The number of phenolic OH excluding ortho intramolecular Hbond substituents is 1. The third-order valence-corrected chi connectivity index (χ3v) is 9.27. The van der Waals surface area contributed by atoms with Crippen LogP contribution in [0.25, 0.3) is 0 Å². The summed E-state index contributed by atoms with van der Waals surface area (Å²) in [6.45, 7) is 8.10. The van der Waals surface area contributed by atoms with Gasteiger partial charge in [0.1, 0.15) is 23.6 Å². The Morgan fingerprint density at radius 2 is 1.76 bits per heavy atom. The number of aryl methyl sites for hydroxylation is 1. The van der Waals surface area contributed by atoms with Crippen molar-refractivity contribution in [3.8, 4) is 11.5 Å². The van der Waals surface area contributed by atoms with Gasteiger partial charge in [-0.1, -0.05) is 51.1 Å². The van der Waals surface area contributed by atoms with E-state index in [2.05, 4.69) is 21.3 Å². The van der Waals surface area contributed by atoms with Crippen molar-refractivity contribution in [1.29, 1.82) is 0 Å². The van der Waals surface area contributed by atoms with Crippen LogP contribution in [-0.4, -0.2) is 83.4 Å². The van der Waals surface area contributed by atoms with Gasteiger partial charge < -0.3 is 36.0 Å². The van der Waals surface area contributed by atoms with Crippen molar-refractivity contribution in [3.05, 3.63) is 59.7 Å². The highest BCUT2D eigenvalue weighted by molar-refractivity contribution is 5.90. The smallest absolute Gasteiger partial charge is 0.258 e. The predicted molar refractivity (Wildman–Crippen MR) is 184 cm³/mol. The SMILES string of the molecule is Cc1ccccc1OCC(=O)N[C@@H]1C[C@H]2C(=O)N[C@H](C(C)C)CC[C@@H](C)CC(=O)N[C@@H](Cc3ccc(O)cc3)C(=O)NCCCC(=O)N2C1. The van der Waals surface area contributed by atoms with Gasteiger partial charge in [-0.05, 0) is 73.8 Å². The number of rotatable bonds is 7. The minimum Gasteiger partial charge on any atom is -0.508 e. The highest BCUT2D eigenvalue weighted by Crippen LogP contribution is 2.23. The summed E-state index contributed by atoms with van der Waals surface area (Å²) in [5, 5.41) is 21.5. The molecule has 2 aromatic carbocycles. The molecule has 2 fully saturated rings. The van der Waals surface area contributed by atoms with Gasteiger partial charge in [0.2, 0.25) is 23.6 Å². The Kier molecular flexibility index (Phi) is 13.4. The number of hydrogen-bond acceptors (Lipinski definition) is 7. The van der Waals surface area contributed by atoms with Crippen LogP contribution in [-0.2, 0) is 30.4 Å². The van der Waals surface area contributed by atoms with Gasteiger partial charge in [-0.2, -0.15) is 0 Å². The van der Waals surface area contributed by atoms with E-state index in [9.17, 15) is 29.1 Å². The summed E-state index contributed by atoms with van der Waals surface area (Å²) >= 11 is 0. The average Bonchev–Trinajstić information content (AvgIpc) is 3.48. The number of carbonyl (C=O) groups is 5. The number of aromatic hydroxyl groups is 1. The van der Waals surface area contributed by atoms with E-state index in [1.807, 2.05) is 45.9 Å². The van der Waals surface area contributed by atoms with Gasteiger partial charge >= 0.3 is 0 Å². The highest BCUT2D eigenvalue weighted by Gasteiger charge is 2.40. The zero-order valence-electron chi connectivity index (χ0n) is 29.0. The van der Waals surface area contributed by atoms with Crippen LogP contribution >= 0.6 is 0 Å². The molecule has 0 spiro atoms. The third-order valence-electron chi connectivity index (χ3n) is 9.27. The summed E-state index contributed by atoms with van der Waals surface area (Å²) in [7, 11) is 0. The molecule has 49 heavy (non-hydrogen) atoms. The lowest BCUT2D eigenvalue weighted by atomic mass is 9.92. The summed E-state index contributed by atoms with van der Waals surface area (Å²) in [6, 6.07) is 11.7.